The van der Waals surface area contributed by atoms with Gasteiger partial charge in [0, 0.05) is 24.7 Å². The lowest BCUT2D eigenvalue weighted by molar-refractivity contribution is 0.197. The molecule has 0 radical (unpaired) electrons. The van der Waals surface area contributed by atoms with Crippen molar-refractivity contribution in [2.45, 2.75) is 45.1 Å². The van der Waals surface area contributed by atoms with E-state index < -0.39 is 11.6 Å². The number of H-pyrrole nitrogens is 1. The molecular formula is C18H23F2N3. The van der Waals surface area contributed by atoms with Gasteiger partial charge in [-0.2, -0.15) is 5.10 Å². The summed E-state index contributed by atoms with van der Waals surface area (Å²) in [4.78, 5) is 2.31. The van der Waals surface area contributed by atoms with Gasteiger partial charge in [-0.3, -0.25) is 10.00 Å². The Hall–Kier alpha value is -1.75. The number of hydrogen-bond acceptors (Lipinski definition) is 2. The highest BCUT2D eigenvalue weighted by Gasteiger charge is 2.25. The minimum Gasteiger partial charge on any atom is -0.298 e. The molecule has 2 aromatic rings. The van der Waals surface area contributed by atoms with Crippen molar-refractivity contribution in [3.05, 3.63) is 52.9 Å². The molecule has 23 heavy (non-hydrogen) atoms. The van der Waals surface area contributed by atoms with Crippen molar-refractivity contribution < 1.29 is 8.78 Å². The van der Waals surface area contributed by atoms with Crippen LogP contribution >= 0.6 is 0 Å². The van der Waals surface area contributed by atoms with Crippen molar-refractivity contribution >= 4 is 0 Å². The average molecular weight is 319 g/mol. The fraction of sp³-hybridized carbons (Fsp3) is 0.500. The molecule has 1 aromatic heterocycles. The first-order valence-corrected chi connectivity index (χ1v) is 8.24. The van der Waals surface area contributed by atoms with Crippen molar-refractivity contribution in [3.63, 3.8) is 0 Å². The minimum absolute atomic E-state index is 0.425. The first-order chi connectivity index (χ1) is 11.0. The number of aromatic nitrogens is 2. The number of hydrogen-bond donors (Lipinski definition) is 1. The van der Waals surface area contributed by atoms with Crippen LogP contribution < -0.4 is 0 Å². The Bertz CT molecular complexity index is 666. The average Bonchev–Trinajstić information content (AvgIpc) is 3.01. The molecule has 124 valence electrons. The van der Waals surface area contributed by atoms with E-state index in [1.54, 1.807) is 6.07 Å². The largest absolute Gasteiger partial charge is 0.298 e. The second kappa shape index (κ2) is 6.79. The highest BCUT2D eigenvalue weighted by atomic mass is 19.2. The molecule has 0 spiro atoms. The van der Waals surface area contributed by atoms with Crippen LogP contribution in [0.1, 0.15) is 55.3 Å². The van der Waals surface area contributed by atoms with Gasteiger partial charge in [-0.15, -0.1) is 0 Å². The molecule has 3 nitrogen and oxygen atoms in total. The van der Waals surface area contributed by atoms with Crippen LogP contribution in [-0.2, 0) is 6.54 Å². The molecule has 1 aliphatic rings. The smallest absolute Gasteiger partial charge is 0.159 e. The van der Waals surface area contributed by atoms with Crippen LogP contribution in [0.5, 0.6) is 0 Å². The summed E-state index contributed by atoms with van der Waals surface area (Å²) in [5.74, 6) is -0.685. The second-order valence-corrected chi connectivity index (χ2v) is 6.72. The van der Waals surface area contributed by atoms with E-state index in [1.807, 2.05) is 6.20 Å². The summed E-state index contributed by atoms with van der Waals surface area (Å²) in [7, 11) is 0. The Labute approximate surface area is 135 Å². The normalized spacial score (nSPS) is 19.4. The first kappa shape index (κ1) is 16.1. The monoisotopic (exact) mass is 319 g/mol. The number of halogens is 2. The summed E-state index contributed by atoms with van der Waals surface area (Å²) in [6.45, 7) is 6.91. The predicted molar refractivity (Wildman–Crippen MR) is 86.3 cm³/mol. The van der Waals surface area contributed by atoms with Gasteiger partial charge in [-0.05, 0) is 48.6 Å². The third-order valence-corrected chi connectivity index (χ3v) is 4.63. The summed E-state index contributed by atoms with van der Waals surface area (Å²) in [6.07, 6.45) is 4.16. The molecular weight excluding hydrogens is 296 g/mol. The summed E-state index contributed by atoms with van der Waals surface area (Å²) < 4.78 is 26.4. The zero-order chi connectivity index (χ0) is 16.4. The van der Waals surface area contributed by atoms with E-state index in [0.29, 0.717) is 18.4 Å². The topological polar surface area (TPSA) is 31.9 Å². The van der Waals surface area contributed by atoms with Gasteiger partial charge in [0.25, 0.3) is 0 Å². The number of piperidine rings is 1. The van der Waals surface area contributed by atoms with Crippen molar-refractivity contribution in [2.75, 3.05) is 13.1 Å². The second-order valence-electron chi connectivity index (χ2n) is 6.72. The molecule has 1 N–H and O–H groups in total. The maximum absolute atomic E-state index is 13.4. The zero-order valence-corrected chi connectivity index (χ0v) is 13.6. The zero-order valence-electron chi connectivity index (χ0n) is 13.6. The fourth-order valence-electron chi connectivity index (χ4n) is 3.42. The highest BCUT2D eigenvalue weighted by Crippen LogP contribution is 2.31. The molecule has 1 saturated heterocycles. The van der Waals surface area contributed by atoms with E-state index in [-0.39, 0.29) is 0 Å². The highest BCUT2D eigenvalue weighted by molar-refractivity contribution is 5.25. The molecule has 0 aliphatic carbocycles. The molecule has 1 aromatic carbocycles. The van der Waals surface area contributed by atoms with Gasteiger partial charge in [0.2, 0.25) is 0 Å². The summed E-state index contributed by atoms with van der Waals surface area (Å²) in [5.41, 5.74) is 3.33. The quantitative estimate of drug-likeness (QED) is 0.916. The molecule has 2 heterocycles. The van der Waals surface area contributed by atoms with Gasteiger partial charge in [0.15, 0.2) is 11.6 Å². The van der Waals surface area contributed by atoms with Gasteiger partial charge >= 0.3 is 0 Å². The lowest BCUT2D eigenvalue weighted by Crippen LogP contribution is -2.34. The summed E-state index contributed by atoms with van der Waals surface area (Å²) in [6, 6.07) is 4.17. The molecule has 1 aliphatic heterocycles. The van der Waals surface area contributed by atoms with E-state index in [4.69, 9.17) is 0 Å². The Morgan fingerprint density at radius 2 is 2.13 bits per heavy atom. The molecule has 0 bridgehead atoms. The van der Waals surface area contributed by atoms with Crippen molar-refractivity contribution in [2.24, 2.45) is 0 Å². The standard InChI is InChI=1S/C18H23F2N3/c1-12(2)15-9-21-22-18(15)14-4-3-7-23(11-14)10-13-5-6-16(19)17(20)8-13/h5-6,8-9,12,14H,3-4,7,10-11H2,1-2H3,(H,21,22)/t14-/m1/s1. The van der Waals surface area contributed by atoms with E-state index >= 15 is 0 Å². The SMILES string of the molecule is CC(C)c1cn[nH]c1[C@@H]1CCCN(Cc2ccc(F)c(F)c2)C1. The van der Waals surface area contributed by atoms with Gasteiger partial charge in [0.1, 0.15) is 0 Å². The number of aromatic amines is 1. The van der Waals surface area contributed by atoms with Crippen LogP contribution in [0.15, 0.2) is 24.4 Å². The van der Waals surface area contributed by atoms with Crippen LogP contribution in [0.4, 0.5) is 8.78 Å². The molecule has 0 unspecified atom stereocenters. The van der Waals surface area contributed by atoms with Gasteiger partial charge in [-0.1, -0.05) is 19.9 Å². The Morgan fingerprint density at radius 3 is 2.87 bits per heavy atom. The van der Waals surface area contributed by atoms with Crippen molar-refractivity contribution in [1.29, 1.82) is 0 Å². The van der Waals surface area contributed by atoms with Crippen LogP contribution in [0, 0.1) is 11.6 Å². The number of likely N-dealkylation sites (tertiary alicyclic amines) is 1. The summed E-state index contributed by atoms with van der Waals surface area (Å²) >= 11 is 0. The van der Waals surface area contributed by atoms with E-state index in [9.17, 15) is 8.78 Å². The third kappa shape index (κ3) is 3.61. The molecule has 1 fully saturated rings. The lowest BCUT2D eigenvalue weighted by atomic mass is 9.89. The molecule has 3 rings (SSSR count). The van der Waals surface area contributed by atoms with Crippen molar-refractivity contribution in [1.82, 2.24) is 15.1 Å². The van der Waals surface area contributed by atoms with E-state index in [1.165, 1.54) is 23.4 Å². The van der Waals surface area contributed by atoms with Crippen molar-refractivity contribution in [3.8, 4) is 0 Å². The maximum atomic E-state index is 13.4. The van der Waals surface area contributed by atoms with E-state index in [0.717, 1.165) is 31.5 Å². The molecule has 0 saturated carbocycles. The number of benzene rings is 1. The Morgan fingerprint density at radius 1 is 1.30 bits per heavy atom. The molecule has 1 atom stereocenters. The number of nitrogens with one attached hydrogen (secondary N) is 1. The van der Waals surface area contributed by atoms with Crippen LogP contribution in [0.2, 0.25) is 0 Å². The Balaban J connectivity index is 1.70. The van der Waals surface area contributed by atoms with Crippen LogP contribution in [-0.4, -0.2) is 28.2 Å². The number of rotatable bonds is 4. The van der Waals surface area contributed by atoms with Gasteiger partial charge in [-0.25, -0.2) is 8.78 Å². The van der Waals surface area contributed by atoms with Gasteiger partial charge < -0.3 is 0 Å². The van der Waals surface area contributed by atoms with Crippen LogP contribution in [0.25, 0.3) is 0 Å². The first-order valence-electron chi connectivity index (χ1n) is 8.24. The van der Waals surface area contributed by atoms with E-state index in [2.05, 4.69) is 28.9 Å². The third-order valence-electron chi connectivity index (χ3n) is 4.63. The molecule has 0 amide bonds. The summed E-state index contributed by atoms with van der Waals surface area (Å²) in [5, 5.41) is 7.39. The molecule has 5 heteroatoms. The maximum Gasteiger partial charge on any atom is 0.159 e. The minimum atomic E-state index is -0.788. The van der Waals surface area contributed by atoms with Crippen LogP contribution in [0.3, 0.4) is 0 Å². The number of nitrogens with zero attached hydrogens (tertiary/aromatic N) is 2. The predicted octanol–water partition coefficient (Wildman–Crippen LogP) is 4.19. The lowest BCUT2D eigenvalue weighted by Gasteiger charge is -2.33. The van der Waals surface area contributed by atoms with Gasteiger partial charge in [0.05, 0.1) is 6.20 Å². The Kier molecular flexibility index (Phi) is 4.76. The fourth-order valence-corrected chi connectivity index (χ4v) is 3.42.